The summed E-state index contributed by atoms with van der Waals surface area (Å²) in [5.74, 6) is -0.279. The van der Waals surface area contributed by atoms with Gasteiger partial charge >= 0.3 is 13.7 Å². The molecule has 11 heteroatoms. The van der Waals surface area contributed by atoms with E-state index in [1.807, 2.05) is 190 Å². The van der Waals surface area contributed by atoms with E-state index in [1.54, 1.807) is 0 Å². The van der Waals surface area contributed by atoms with Crippen LogP contribution in [0.25, 0.3) is 10.8 Å². The van der Waals surface area contributed by atoms with E-state index in [-0.39, 0.29) is 10.8 Å². The lowest BCUT2D eigenvalue weighted by Crippen LogP contribution is -2.53. The van der Waals surface area contributed by atoms with Gasteiger partial charge in [0.1, 0.15) is 23.7 Å². The predicted molar refractivity (Wildman–Crippen MR) is 285 cm³/mol. The molecule has 0 bridgehead atoms. The Balaban J connectivity index is 1.34. The largest absolute Gasteiger partial charge is 0.588 e. The summed E-state index contributed by atoms with van der Waals surface area (Å²) < 4.78 is 60.1. The molecule has 8 aromatic rings. The van der Waals surface area contributed by atoms with Crippen LogP contribution in [0.4, 0.5) is 0 Å². The van der Waals surface area contributed by atoms with Crippen LogP contribution in [0.5, 0.6) is 11.5 Å². The SMILES string of the molecule is CC1(C)O[C@@H]2[C@@H](O1)C(c1ccccc1)(c1ccccc1)OC(Oc1c(P(c3ccccc3)c3ccccc3)ccc3c(O[Si](C)(C)C(C)(C)C)cccc13)([P+](=O)[O-])OC2(c1ccccc1)c1ccccc1. The van der Waals surface area contributed by atoms with Crippen molar-refractivity contribution in [3.8, 4) is 11.5 Å². The van der Waals surface area contributed by atoms with Crippen LogP contribution in [0.3, 0.4) is 0 Å². The van der Waals surface area contributed by atoms with Gasteiger partial charge in [-0.2, -0.15) is 0 Å². The van der Waals surface area contributed by atoms with E-state index in [0.717, 1.165) is 21.3 Å². The molecule has 0 radical (unpaired) electrons. The summed E-state index contributed by atoms with van der Waals surface area (Å²) in [4.78, 5) is 15.5. The third-order valence-electron chi connectivity index (χ3n) is 14.1. The Kier molecular flexibility index (Phi) is 13.0. The van der Waals surface area contributed by atoms with Crippen molar-refractivity contribution in [2.24, 2.45) is 0 Å². The first-order chi connectivity index (χ1) is 34.1. The lowest BCUT2D eigenvalue weighted by atomic mass is 9.72. The predicted octanol–water partition coefficient (Wildman–Crippen LogP) is 12.5. The maximum atomic E-state index is 15.5. The average Bonchev–Trinajstić information content (AvgIpc) is 3.67. The van der Waals surface area contributed by atoms with Gasteiger partial charge in [0.15, 0.2) is 17.0 Å². The van der Waals surface area contributed by atoms with Gasteiger partial charge in [-0.1, -0.05) is 219 Å². The maximum Gasteiger partial charge on any atom is 0.542 e. The molecule has 0 aliphatic carbocycles. The van der Waals surface area contributed by atoms with E-state index >= 15 is 9.46 Å². The second-order valence-corrected chi connectivity index (χ2v) is 28.1. The molecule has 2 aliphatic heterocycles. The zero-order valence-corrected chi connectivity index (χ0v) is 43.8. The molecule has 0 amide bonds. The Bertz CT molecular complexity index is 2910. The number of hydrogen-bond acceptors (Lipinski definition) is 8. The van der Waals surface area contributed by atoms with Crippen molar-refractivity contribution >= 4 is 51.0 Å². The molecule has 0 N–H and O–H groups in total. The highest BCUT2D eigenvalue weighted by molar-refractivity contribution is 7.80. The molecular weight excluding hydrogens is 939 g/mol. The molecule has 0 aromatic heterocycles. The van der Waals surface area contributed by atoms with Gasteiger partial charge in [0, 0.05) is 16.1 Å². The fourth-order valence-electron chi connectivity index (χ4n) is 9.82. The fourth-order valence-corrected chi connectivity index (χ4v) is 13.8. The zero-order valence-electron chi connectivity index (χ0n) is 41.0. The summed E-state index contributed by atoms with van der Waals surface area (Å²) in [5.41, 5.74) is -4.06. The molecule has 2 saturated heterocycles. The molecule has 1 unspecified atom stereocenters. The topological polar surface area (TPSA) is 95.5 Å². The molecular formula is C60H58O8P2Si. The third-order valence-corrected chi connectivity index (χ3v) is 21.7. The van der Waals surface area contributed by atoms with Crippen LogP contribution in [-0.2, 0) is 34.7 Å². The number of ether oxygens (including phenoxy) is 5. The van der Waals surface area contributed by atoms with Crippen molar-refractivity contribution in [1.82, 2.24) is 0 Å². The molecule has 8 aromatic carbocycles. The van der Waals surface area contributed by atoms with Crippen molar-refractivity contribution in [3.05, 3.63) is 235 Å². The summed E-state index contributed by atoms with van der Waals surface area (Å²) in [7, 11) is -7.76. The Morgan fingerprint density at radius 3 is 1.31 bits per heavy atom. The lowest BCUT2D eigenvalue weighted by Gasteiger charge is -2.41. The van der Waals surface area contributed by atoms with E-state index in [2.05, 4.69) is 70.3 Å². The number of rotatable bonds is 12. The highest BCUT2D eigenvalue weighted by atomic mass is 31.1. The van der Waals surface area contributed by atoms with Gasteiger partial charge in [-0.25, -0.2) is 0 Å². The smallest absolute Gasteiger partial charge is 0.542 e. The van der Waals surface area contributed by atoms with Crippen LogP contribution < -0.4 is 30.0 Å². The second-order valence-electron chi connectivity index (χ2n) is 20.1. The molecule has 0 spiro atoms. The van der Waals surface area contributed by atoms with Crippen molar-refractivity contribution < 1.29 is 37.6 Å². The molecule has 8 nitrogen and oxygen atoms in total. The summed E-state index contributed by atoms with van der Waals surface area (Å²) in [5, 5.41) is 4.04. The molecule has 3 atom stereocenters. The molecule has 2 heterocycles. The Morgan fingerprint density at radius 1 is 0.535 bits per heavy atom. The van der Waals surface area contributed by atoms with Crippen LogP contribution in [-0.4, -0.2) is 32.0 Å². The first-order valence-corrected chi connectivity index (χ1v) is 29.5. The van der Waals surface area contributed by atoms with Crippen LogP contribution in [0.2, 0.25) is 18.1 Å². The first-order valence-electron chi connectivity index (χ1n) is 24.1. The van der Waals surface area contributed by atoms with E-state index < -0.39 is 59.2 Å². The first kappa shape index (κ1) is 48.8. The van der Waals surface area contributed by atoms with Crippen LogP contribution >= 0.6 is 15.9 Å². The van der Waals surface area contributed by atoms with Crippen molar-refractivity contribution in [1.29, 1.82) is 0 Å². The Hall–Kier alpha value is -5.83. The van der Waals surface area contributed by atoms with Gasteiger partial charge in [-0.05, 0) is 91.0 Å². The third kappa shape index (κ3) is 8.77. The quantitative estimate of drug-likeness (QED) is 0.0882. The summed E-state index contributed by atoms with van der Waals surface area (Å²) in [6.45, 7) is 14.8. The summed E-state index contributed by atoms with van der Waals surface area (Å²) in [6.07, 6.45) is -2.13. The highest BCUT2D eigenvalue weighted by Crippen LogP contribution is 2.62. The molecule has 2 fully saturated rings. The highest BCUT2D eigenvalue weighted by Gasteiger charge is 2.74. The lowest BCUT2D eigenvalue weighted by molar-refractivity contribution is -0.373. The van der Waals surface area contributed by atoms with Crippen LogP contribution in [0, 0.1) is 0 Å². The Morgan fingerprint density at radius 2 is 0.930 bits per heavy atom. The average molecular weight is 997 g/mol. The molecule has 10 rings (SSSR count). The van der Waals surface area contributed by atoms with Gasteiger partial charge < -0.3 is 23.5 Å². The molecule has 0 saturated carbocycles. The van der Waals surface area contributed by atoms with Crippen molar-refractivity contribution in [2.45, 2.75) is 87.7 Å². The zero-order chi connectivity index (χ0) is 49.7. The van der Waals surface area contributed by atoms with Crippen LogP contribution in [0.1, 0.15) is 56.9 Å². The monoisotopic (exact) mass is 996 g/mol. The molecule has 2 aliphatic rings. The van der Waals surface area contributed by atoms with Gasteiger partial charge in [0.25, 0.3) is 8.32 Å². The van der Waals surface area contributed by atoms with E-state index in [1.165, 1.54) is 0 Å². The summed E-state index contributed by atoms with van der Waals surface area (Å²) in [6, 6.07) is 68.9. The van der Waals surface area contributed by atoms with Gasteiger partial charge in [-0.15, -0.1) is 0 Å². The van der Waals surface area contributed by atoms with Gasteiger partial charge in [-0.3, -0.25) is 9.47 Å². The second kappa shape index (κ2) is 19.0. The van der Waals surface area contributed by atoms with Crippen molar-refractivity contribution in [2.75, 3.05) is 0 Å². The van der Waals surface area contributed by atoms with Crippen LogP contribution in [0.15, 0.2) is 212 Å². The minimum absolute atomic E-state index is 0.121. The van der Waals surface area contributed by atoms with E-state index in [9.17, 15) is 0 Å². The normalized spacial score (nSPS) is 19.4. The van der Waals surface area contributed by atoms with Gasteiger partial charge in [0.05, 0.1) is 0 Å². The minimum Gasteiger partial charge on any atom is -0.588 e. The number of benzene rings is 8. The number of hydrogen-bond donors (Lipinski definition) is 0. The molecule has 360 valence electrons. The number of fused-ring (bicyclic) bond motifs is 2. The standard InChI is InChI=1S/C60H58O8P2Si/c1-56(2,3)71(6,7)66-51-40-26-39-50-49(51)41-42-52(69(47-35-22-12-23-36-47)48-37-24-13-25-38-48)53(50)63-60(70(61)62)67-58(43-27-14-8-15-28-43,44-29-16-9-17-30-44)54-55(65-57(4,5)64-54)59(68-60,45-31-18-10-19-32-45)46-33-20-11-21-34-46/h8-42,54-55H,1-7H3/t54-,55-/m1/s1. The Labute approximate surface area is 420 Å². The fraction of sp³-hybridized carbons (Fsp3) is 0.233. The maximum absolute atomic E-state index is 15.5. The molecule has 71 heavy (non-hydrogen) atoms. The van der Waals surface area contributed by atoms with E-state index in [0.29, 0.717) is 33.4 Å². The van der Waals surface area contributed by atoms with Gasteiger partial charge in [0.2, 0.25) is 0 Å². The summed E-state index contributed by atoms with van der Waals surface area (Å²) >= 11 is 0. The van der Waals surface area contributed by atoms with Crippen molar-refractivity contribution in [3.63, 3.8) is 0 Å². The van der Waals surface area contributed by atoms with E-state index in [4.69, 9.17) is 28.1 Å². The minimum atomic E-state index is -3.90.